The highest BCUT2D eigenvalue weighted by Gasteiger charge is 2.17. The van der Waals surface area contributed by atoms with Crippen LogP contribution >= 0.6 is 11.3 Å². The molecule has 2 heterocycles. The van der Waals surface area contributed by atoms with Gasteiger partial charge in [0.2, 0.25) is 5.91 Å². The van der Waals surface area contributed by atoms with E-state index in [1.807, 2.05) is 29.6 Å². The lowest BCUT2D eigenvalue weighted by Gasteiger charge is -2.20. The van der Waals surface area contributed by atoms with Gasteiger partial charge in [0.1, 0.15) is 11.5 Å². The van der Waals surface area contributed by atoms with E-state index in [0.29, 0.717) is 18.9 Å². The summed E-state index contributed by atoms with van der Waals surface area (Å²) in [6.45, 7) is 0.483. The van der Waals surface area contributed by atoms with Crippen LogP contribution in [0.25, 0.3) is 10.6 Å². The quantitative estimate of drug-likeness (QED) is 0.877. The molecule has 0 spiro atoms. The number of carbonyl (C=O) groups excluding carboxylic acids is 1. The van der Waals surface area contributed by atoms with Crippen molar-refractivity contribution in [2.24, 2.45) is 5.92 Å². The number of rotatable bonds is 5. The van der Waals surface area contributed by atoms with E-state index < -0.39 is 0 Å². The lowest BCUT2D eigenvalue weighted by Crippen LogP contribution is -2.25. The van der Waals surface area contributed by atoms with Gasteiger partial charge in [-0.25, -0.2) is 0 Å². The van der Waals surface area contributed by atoms with Crippen LogP contribution in [0, 0.1) is 5.92 Å². The third-order valence-electron chi connectivity index (χ3n) is 4.08. The van der Waals surface area contributed by atoms with Crippen molar-refractivity contribution < 1.29 is 9.21 Å². The number of nitrogens with one attached hydrogen (secondary N) is 1. The minimum atomic E-state index is 0.149. The SMILES string of the molecule is O=C(CC1CCCCC1)NCc1ccc(-c2cccs2)o1. The van der Waals surface area contributed by atoms with Crippen molar-refractivity contribution in [3.05, 3.63) is 35.4 Å². The summed E-state index contributed by atoms with van der Waals surface area (Å²) < 4.78 is 5.76. The molecule has 1 N–H and O–H groups in total. The van der Waals surface area contributed by atoms with Crippen molar-refractivity contribution >= 4 is 17.2 Å². The first kappa shape index (κ1) is 14.4. The topological polar surface area (TPSA) is 42.2 Å². The van der Waals surface area contributed by atoms with Gasteiger partial charge in [0.25, 0.3) is 0 Å². The largest absolute Gasteiger partial charge is 0.458 e. The first-order valence-corrected chi connectivity index (χ1v) is 8.58. The van der Waals surface area contributed by atoms with E-state index >= 15 is 0 Å². The average molecular weight is 303 g/mol. The fourth-order valence-corrected chi connectivity index (χ4v) is 3.62. The van der Waals surface area contributed by atoms with Gasteiger partial charge in [0.05, 0.1) is 11.4 Å². The van der Waals surface area contributed by atoms with Crippen LogP contribution in [0.5, 0.6) is 0 Å². The van der Waals surface area contributed by atoms with Gasteiger partial charge < -0.3 is 9.73 Å². The van der Waals surface area contributed by atoms with Crippen molar-refractivity contribution in [2.45, 2.75) is 45.1 Å². The van der Waals surface area contributed by atoms with Gasteiger partial charge in [0, 0.05) is 6.42 Å². The Kier molecular flexibility index (Phi) is 4.76. The molecule has 1 aliphatic rings. The molecule has 112 valence electrons. The Bertz CT molecular complexity index is 567. The standard InChI is InChI=1S/C17H21NO2S/c19-17(11-13-5-2-1-3-6-13)18-12-14-8-9-15(20-14)16-7-4-10-21-16/h4,7-10,13H,1-3,5-6,11-12H2,(H,18,19). The van der Waals surface area contributed by atoms with Crippen LogP contribution in [-0.2, 0) is 11.3 Å². The van der Waals surface area contributed by atoms with Crippen LogP contribution in [0.4, 0.5) is 0 Å². The van der Waals surface area contributed by atoms with Gasteiger partial charge in [0.15, 0.2) is 0 Å². The fourth-order valence-electron chi connectivity index (χ4n) is 2.94. The summed E-state index contributed by atoms with van der Waals surface area (Å²) in [5, 5.41) is 5.01. The lowest BCUT2D eigenvalue weighted by molar-refractivity contribution is -0.122. The molecule has 1 saturated carbocycles. The summed E-state index contributed by atoms with van der Waals surface area (Å²) in [5.74, 6) is 2.42. The Labute approximate surface area is 129 Å². The number of carbonyl (C=O) groups is 1. The number of amides is 1. The van der Waals surface area contributed by atoms with E-state index in [1.54, 1.807) is 11.3 Å². The molecule has 0 saturated heterocycles. The van der Waals surface area contributed by atoms with Crippen LogP contribution in [-0.4, -0.2) is 5.91 Å². The predicted molar refractivity (Wildman–Crippen MR) is 85.1 cm³/mol. The van der Waals surface area contributed by atoms with Crippen molar-refractivity contribution in [1.82, 2.24) is 5.32 Å². The molecule has 0 aromatic carbocycles. The monoisotopic (exact) mass is 303 g/mol. The lowest BCUT2D eigenvalue weighted by atomic mass is 9.87. The zero-order valence-corrected chi connectivity index (χ0v) is 13.0. The van der Waals surface area contributed by atoms with Gasteiger partial charge in [-0.05, 0) is 42.3 Å². The summed E-state index contributed by atoms with van der Waals surface area (Å²) in [4.78, 5) is 13.1. The smallest absolute Gasteiger partial charge is 0.220 e. The van der Waals surface area contributed by atoms with Gasteiger partial charge in [-0.1, -0.05) is 25.3 Å². The molecule has 3 rings (SSSR count). The van der Waals surface area contributed by atoms with Crippen LogP contribution in [0.3, 0.4) is 0 Å². The maximum Gasteiger partial charge on any atom is 0.220 e. The molecule has 0 atom stereocenters. The zero-order chi connectivity index (χ0) is 14.5. The second-order valence-corrected chi connectivity index (χ2v) is 6.68. The highest BCUT2D eigenvalue weighted by molar-refractivity contribution is 7.13. The van der Waals surface area contributed by atoms with E-state index in [0.717, 1.165) is 16.4 Å². The summed E-state index contributed by atoms with van der Waals surface area (Å²) in [6, 6.07) is 7.95. The molecule has 0 aliphatic heterocycles. The minimum absolute atomic E-state index is 0.149. The second kappa shape index (κ2) is 6.94. The van der Waals surface area contributed by atoms with E-state index in [2.05, 4.69) is 5.32 Å². The molecule has 2 aromatic heterocycles. The number of thiophene rings is 1. The van der Waals surface area contributed by atoms with E-state index in [9.17, 15) is 4.79 Å². The van der Waals surface area contributed by atoms with E-state index in [-0.39, 0.29) is 5.91 Å². The van der Waals surface area contributed by atoms with Crippen LogP contribution < -0.4 is 5.32 Å². The molecule has 3 nitrogen and oxygen atoms in total. The normalized spacial score (nSPS) is 16.0. The summed E-state index contributed by atoms with van der Waals surface area (Å²) >= 11 is 1.66. The van der Waals surface area contributed by atoms with Gasteiger partial charge in [-0.3, -0.25) is 4.79 Å². The second-order valence-electron chi connectivity index (χ2n) is 5.73. The maximum atomic E-state index is 12.0. The Balaban J connectivity index is 1.47. The van der Waals surface area contributed by atoms with Gasteiger partial charge >= 0.3 is 0 Å². The maximum absolute atomic E-state index is 12.0. The minimum Gasteiger partial charge on any atom is -0.458 e. The highest BCUT2D eigenvalue weighted by Crippen LogP contribution is 2.27. The third kappa shape index (κ3) is 3.97. The molecule has 0 bridgehead atoms. The molecule has 2 aromatic rings. The molecule has 1 fully saturated rings. The molecular weight excluding hydrogens is 282 g/mol. The predicted octanol–water partition coefficient (Wildman–Crippen LogP) is 4.59. The summed E-state index contributed by atoms with van der Waals surface area (Å²) in [5.41, 5.74) is 0. The molecule has 1 amide bonds. The Hall–Kier alpha value is -1.55. The number of hydrogen-bond donors (Lipinski definition) is 1. The summed E-state index contributed by atoms with van der Waals surface area (Å²) in [6.07, 6.45) is 6.96. The molecule has 0 radical (unpaired) electrons. The molecule has 0 unspecified atom stereocenters. The average Bonchev–Trinajstić information content (AvgIpc) is 3.17. The molecular formula is C17H21NO2S. The number of hydrogen-bond acceptors (Lipinski definition) is 3. The van der Waals surface area contributed by atoms with Crippen molar-refractivity contribution in [3.63, 3.8) is 0 Å². The van der Waals surface area contributed by atoms with Crippen LogP contribution in [0.15, 0.2) is 34.1 Å². The first-order chi connectivity index (χ1) is 10.3. The fraction of sp³-hybridized carbons (Fsp3) is 0.471. The van der Waals surface area contributed by atoms with Crippen molar-refractivity contribution in [2.75, 3.05) is 0 Å². The van der Waals surface area contributed by atoms with Crippen LogP contribution in [0.2, 0.25) is 0 Å². The Morgan fingerprint density at radius 1 is 1.24 bits per heavy atom. The van der Waals surface area contributed by atoms with Gasteiger partial charge in [-0.2, -0.15) is 0 Å². The Morgan fingerprint density at radius 2 is 2.10 bits per heavy atom. The molecule has 4 heteroatoms. The van der Waals surface area contributed by atoms with Gasteiger partial charge in [-0.15, -0.1) is 11.3 Å². The molecule has 1 aliphatic carbocycles. The van der Waals surface area contributed by atoms with E-state index in [1.165, 1.54) is 32.1 Å². The summed E-state index contributed by atoms with van der Waals surface area (Å²) in [7, 11) is 0. The zero-order valence-electron chi connectivity index (χ0n) is 12.1. The number of furan rings is 1. The van der Waals surface area contributed by atoms with Crippen molar-refractivity contribution in [3.8, 4) is 10.6 Å². The van der Waals surface area contributed by atoms with Crippen LogP contribution in [0.1, 0.15) is 44.3 Å². The highest BCUT2D eigenvalue weighted by atomic mass is 32.1. The van der Waals surface area contributed by atoms with E-state index in [4.69, 9.17) is 4.42 Å². The first-order valence-electron chi connectivity index (χ1n) is 7.70. The third-order valence-corrected chi connectivity index (χ3v) is 4.97. The van der Waals surface area contributed by atoms with Crippen molar-refractivity contribution in [1.29, 1.82) is 0 Å². The Morgan fingerprint density at radius 3 is 2.86 bits per heavy atom. The molecule has 21 heavy (non-hydrogen) atoms.